The molecule has 0 aliphatic heterocycles. The molecule has 0 aromatic heterocycles. The predicted molar refractivity (Wildman–Crippen MR) is 134 cm³/mol. The third-order valence-electron chi connectivity index (χ3n) is 7.72. The Labute approximate surface area is 205 Å². The van der Waals surface area contributed by atoms with Crippen LogP contribution in [0.2, 0.25) is 10.0 Å². The molecule has 4 fully saturated rings. The van der Waals surface area contributed by atoms with Gasteiger partial charge in [-0.15, -0.1) is 0 Å². The van der Waals surface area contributed by atoms with E-state index >= 15 is 0 Å². The number of halogens is 2. The second-order valence-corrected chi connectivity index (χ2v) is 12.9. The normalized spacial score (nSPS) is 28.0. The molecule has 4 bridgehead atoms. The van der Waals surface area contributed by atoms with Crippen LogP contribution in [0.5, 0.6) is 0 Å². The molecule has 0 radical (unpaired) electrons. The number of sulfonamides is 1. The van der Waals surface area contributed by atoms with E-state index in [0.29, 0.717) is 16.4 Å². The molecule has 0 heterocycles. The molecule has 0 atom stereocenters. The summed E-state index contributed by atoms with van der Waals surface area (Å²) in [5, 5.41) is 3.20. The summed E-state index contributed by atoms with van der Waals surface area (Å²) in [5.74, 6) is 2.02. The highest BCUT2D eigenvalue weighted by Gasteiger charge is 2.51. The first-order chi connectivity index (χ1) is 15.6. The molecular weight excluding hydrogens is 479 g/mol. The monoisotopic (exact) mass is 506 g/mol. The molecule has 4 saturated carbocycles. The number of hydrogen-bond acceptors (Lipinski definition) is 3. The molecule has 4 aliphatic carbocycles. The van der Waals surface area contributed by atoms with E-state index in [2.05, 4.69) is 17.4 Å². The van der Waals surface area contributed by atoms with Crippen LogP contribution in [0.15, 0.2) is 42.5 Å². The molecule has 6 rings (SSSR count). The molecule has 5 nitrogen and oxygen atoms in total. The average Bonchev–Trinajstić information content (AvgIpc) is 2.74. The Balaban J connectivity index is 1.35. The Morgan fingerprint density at radius 2 is 1.58 bits per heavy atom. The molecule has 1 amide bonds. The smallest absolute Gasteiger partial charge is 0.245 e. The van der Waals surface area contributed by atoms with E-state index in [9.17, 15) is 13.2 Å². The van der Waals surface area contributed by atoms with Crippen LogP contribution in [0.4, 0.5) is 11.4 Å². The van der Waals surface area contributed by atoms with Crippen LogP contribution in [-0.2, 0) is 20.2 Å². The lowest BCUT2D eigenvalue weighted by Crippen LogP contribution is -2.48. The highest BCUT2D eigenvalue weighted by atomic mass is 35.5. The number of nitrogens with zero attached hydrogens (tertiary/aromatic N) is 1. The number of carbonyl (C=O) groups is 1. The second kappa shape index (κ2) is 8.47. The van der Waals surface area contributed by atoms with Gasteiger partial charge in [0, 0.05) is 0 Å². The second-order valence-electron chi connectivity index (χ2n) is 10.2. The first kappa shape index (κ1) is 23.0. The Hall–Kier alpha value is -1.76. The van der Waals surface area contributed by atoms with E-state index in [-0.39, 0.29) is 17.0 Å². The van der Waals surface area contributed by atoms with Gasteiger partial charge >= 0.3 is 0 Å². The van der Waals surface area contributed by atoms with Gasteiger partial charge in [-0.2, -0.15) is 0 Å². The zero-order valence-corrected chi connectivity index (χ0v) is 20.9. The summed E-state index contributed by atoms with van der Waals surface area (Å²) >= 11 is 12.2. The van der Waals surface area contributed by atoms with Crippen LogP contribution in [-0.4, -0.2) is 27.1 Å². The minimum absolute atomic E-state index is 0.221. The maximum absolute atomic E-state index is 12.7. The minimum Gasteiger partial charge on any atom is -0.323 e. The fourth-order valence-corrected chi connectivity index (χ4v) is 7.97. The first-order valence-corrected chi connectivity index (χ1v) is 14.1. The standard InChI is InChI=1S/C25H28Cl2N2O3S/c1-33(31,32)29(15-23(30)28-22-4-2-3-21(26)24(22)27)20-7-5-19(6-8-20)25-12-16-9-17(13-25)11-18(10-16)14-25/h2-8,16-18H,9-15H2,1H3,(H,28,30). The molecule has 0 unspecified atom stereocenters. The van der Waals surface area contributed by atoms with Crippen LogP contribution in [0.1, 0.15) is 44.1 Å². The molecular formula is C25H28Cl2N2O3S. The number of nitrogens with one attached hydrogen (secondary N) is 1. The summed E-state index contributed by atoms with van der Waals surface area (Å²) in [6.45, 7) is -0.349. The Kier molecular flexibility index (Phi) is 5.91. The third kappa shape index (κ3) is 4.50. The Bertz CT molecular complexity index is 1150. The van der Waals surface area contributed by atoms with Gasteiger partial charge in [0.05, 0.1) is 27.7 Å². The van der Waals surface area contributed by atoms with Gasteiger partial charge in [0.15, 0.2) is 0 Å². The fraction of sp³-hybridized carbons (Fsp3) is 0.480. The van der Waals surface area contributed by atoms with Gasteiger partial charge in [-0.3, -0.25) is 9.10 Å². The SMILES string of the molecule is CS(=O)(=O)N(CC(=O)Nc1cccc(Cl)c1Cl)c1ccc(C23CC4CC(CC(C4)C2)C3)cc1. The van der Waals surface area contributed by atoms with Crippen LogP contribution in [0, 0.1) is 17.8 Å². The minimum atomic E-state index is -3.67. The fourth-order valence-electron chi connectivity index (χ4n) is 6.77. The van der Waals surface area contributed by atoms with Crippen molar-refractivity contribution < 1.29 is 13.2 Å². The van der Waals surface area contributed by atoms with Gasteiger partial charge in [0.2, 0.25) is 15.9 Å². The lowest BCUT2D eigenvalue weighted by atomic mass is 9.48. The van der Waals surface area contributed by atoms with Gasteiger partial charge in [-0.1, -0.05) is 41.4 Å². The molecule has 0 spiro atoms. The molecule has 33 heavy (non-hydrogen) atoms. The van der Waals surface area contributed by atoms with Crippen molar-refractivity contribution in [2.24, 2.45) is 17.8 Å². The van der Waals surface area contributed by atoms with E-state index in [4.69, 9.17) is 23.2 Å². The molecule has 176 valence electrons. The summed E-state index contributed by atoms with van der Waals surface area (Å²) in [4.78, 5) is 12.7. The predicted octanol–water partition coefficient (Wildman–Crippen LogP) is 5.87. The molecule has 2 aromatic rings. The van der Waals surface area contributed by atoms with Crippen molar-refractivity contribution in [1.82, 2.24) is 0 Å². The summed E-state index contributed by atoms with van der Waals surface area (Å²) in [5.41, 5.74) is 2.39. The Morgan fingerprint density at radius 1 is 1.00 bits per heavy atom. The van der Waals surface area contributed by atoms with E-state index < -0.39 is 15.9 Å². The highest BCUT2D eigenvalue weighted by Crippen LogP contribution is 2.60. The van der Waals surface area contributed by atoms with Crippen LogP contribution in [0.25, 0.3) is 0 Å². The van der Waals surface area contributed by atoms with Gasteiger partial charge in [0.1, 0.15) is 6.54 Å². The maximum atomic E-state index is 12.7. The summed E-state index contributed by atoms with van der Waals surface area (Å²) in [7, 11) is -3.67. The largest absolute Gasteiger partial charge is 0.323 e. The van der Waals surface area contributed by atoms with Gasteiger partial charge in [0.25, 0.3) is 0 Å². The number of hydrogen-bond donors (Lipinski definition) is 1. The van der Waals surface area contributed by atoms with Crippen molar-refractivity contribution in [2.75, 3.05) is 22.4 Å². The van der Waals surface area contributed by atoms with Crippen molar-refractivity contribution in [3.05, 3.63) is 58.1 Å². The number of amides is 1. The van der Waals surface area contributed by atoms with Crippen molar-refractivity contribution >= 4 is 50.5 Å². The molecule has 8 heteroatoms. The quantitative estimate of drug-likeness (QED) is 0.532. The van der Waals surface area contributed by atoms with Crippen molar-refractivity contribution in [3.63, 3.8) is 0 Å². The highest BCUT2D eigenvalue weighted by molar-refractivity contribution is 7.92. The van der Waals surface area contributed by atoms with E-state index in [1.54, 1.807) is 18.2 Å². The number of benzene rings is 2. The van der Waals surface area contributed by atoms with Gasteiger partial charge in [-0.25, -0.2) is 8.42 Å². The first-order valence-electron chi connectivity index (χ1n) is 11.4. The lowest BCUT2D eigenvalue weighted by Gasteiger charge is -2.57. The Morgan fingerprint density at radius 3 is 2.12 bits per heavy atom. The number of anilines is 2. The molecule has 1 N–H and O–H groups in total. The number of carbonyl (C=O) groups excluding carboxylic acids is 1. The molecule has 2 aromatic carbocycles. The van der Waals surface area contributed by atoms with Crippen molar-refractivity contribution in [2.45, 2.75) is 43.9 Å². The van der Waals surface area contributed by atoms with Crippen molar-refractivity contribution in [1.29, 1.82) is 0 Å². The summed E-state index contributed by atoms with van der Waals surface area (Å²) in [6.07, 6.45) is 8.99. The van der Waals surface area contributed by atoms with Crippen LogP contribution < -0.4 is 9.62 Å². The topological polar surface area (TPSA) is 66.5 Å². The summed E-state index contributed by atoms with van der Waals surface area (Å²) in [6, 6.07) is 12.7. The lowest BCUT2D eigenvalue weighted by molar-refractivity contribution is -0.114. The average molecular weight is 507 g/mol. The third-order valence-corrected chi connectivity index (χ3v) is 9.68. The van der Waals surface area contributed by atoms with Crippen LogP contribution in [0.3, 0.4) is 0 Å². The van der Waals surface area contributed by atoms with Gasteiger partial charge in [-0.05, 0) is 91.5 Å². The zero-order valence-electron chi connectivity index (χ0n) is 18.6. The maximum Gasteiger partial charge on any atom is 0.245 e. The van der Waals surface area contributed by atoms with Crippen molar-refractivity contribution in [3.8, 4) is 0 Å². The van der Waals surface area contributed by atoms with E-state index in [0.717, 1.165) is 28.3 Å². The molecule has 4 aliphatic rings. The summed E-state index contributed by atoms with van der Waals surface area (Å²) < 4.78 is 26.2. The van der Waals surface area contributed by atoms with Crippen LogP contribution >= 0.6 is 23.2 Å². The van der Waals surface area contributed by atoms with E-state index in [1.165, 1.54) is 44.1 Å². The number of rotatable bonds is 6. The van der Waals surface area contributed by atoms with E-state index in [1.807, 2.05) is 12.1 Å². The molecule has 0 saturated heterocycles. The zero-order chi connectivity index (χ0) is 23.4. The van der Waals surface area contributed by atoms with Gasteiger partial charge < -0.3 is 5.32 Å².